The number of phosphoric ester groups is 2. The molecule has 0 aliphatic heterocycles. The van der Waals surface area contributed by atoms with Crippen LogP contribution >= 0.6 is 15.6 Å². The molecule has 3 unspecified atom stereocenters. The molecule has 0 amide bonds. The van der Waals surface area contributed by atoms with E-state index in [1.54, 1.807) is 0 Å². The van der Waals surface area contributed by atoms with E-state index in [4.69, 9.17) is 37.0 Å². The highest BCUT2D eigenvalue weighted by Gasteiger charge is 2.31. The number of unbranched alkanes of at least 4 members (excludes halogenated alkanes) is 54. The van der Waals surface area contributed by atoms with Crippen LogP contribution in [0.5, 0.6) is 0 Å². The molecule has 0 aromatic heterocycles. The summed E-state index contributed by atoms with van der Waals surface area (Å²) in [6, 6.07) is 0. The zero-order chi connectivity index (χ0) is 79.3. The summed E-state index contributed by atoms with van der Waals surface area (Å²) in [6.07, 6.45) is 70.8. The van der Waals surface area contributed by atoms with Gasteiger partial charge < -0.3 is 33.8 Å². The van der Waals surface area contributed by atoms with Crippen LogP contribution in [-0.2, 0) is 65.4 Å². The van der Waals surface area contributed by atoms with Crippen molar-refractivity contribution in [2.24, 2.45) is 17.8 Å². The highest BCUT2D eigenvalue weighted by atomic mass is 31.2. The number of rotatable bonds is 87. The monoisotopic (exact) mass is 1580 g/mol. The average Bonchev–Trinajstić information content (AvgIpc) is 0.900. The number of ether oxygens (including phenoxy) is 4. The van der Waals surface area contributed by atoms with Crippen molar-refractivity contribution in [1.29, 1.82) is 0 Å². The summed E-state index contributed by atoms with van der Waals surface area (Å²) in [5, 5.41) is 10.7. The van der Waals surface area contributed by atoms with E-state index in [-0.39, 0.29) is 25.7 Å². The Morgan fingerprint density at radius 3 is 0.704 bits per heavy atom. The van der Waals surface area contributed by atoms with Crippen LogP contribution in [0.4, 0.5) is 0 Å². The molecule has 0 bridgehead atoms. The number of carbonyl (C=O) groups is 4. The van der Waals surface area contributed by atoms with E-state index >= 15 is 0 Å². The van der Waals surface area contributed by atoms with Crippen molar-refractivity contribution in [1.82, 2.24) is 0 Å². The maximum absolute atomic E-state index is 13.2. The van der Waals surface area contributed by atoms with E-state index in [2.05, 4.69) is 48.5 Å². The second kappa shape index (κ2) is 78.9. The van der Waals surface area contributed by atoms with Gasteiger partial charge in [0.15, 0.2) is 12.2 Å². The Kier molecular flexibility index (Phi) is 77.5. The van der Waals surface area contributed by atoms with Gasteiger partial charge in [-0.05, 0) is 43.4 Å². The van der Waals surface area contributed by atoms with Gasteiger partial charge in [-0.15, -0.1) is 0 Å². The Morgan fingerprint density at radius 1 is 0.269 bits per heavy atom. The number of carbonyl (C=O) groups excluding carboxylic acids is 4. The molecule has 642 valence electrons. The second-order valence-electron chi connectivity index (χ2n) is 33.2. The summed E-state index contributed by atoms with van der Waals surface area (Å²) >= 11 is 0. The standard InChI is InChI=1S/C89H174O17P2/c1-8-10-11-12-13-14-15-16-17-26-32-37-42-51-58-65-72-89(94)106-85(77-100-87(92)71-64-57-50-45-44-48-55-62-69-82(7)9-2)79-104-108(97,98)102-75-83(90)74-101-107(95,96)103-78-84(76-99-86(91)70-63-56-49-41-36-31-27-23-22-25-30-35-40-47-54-61-68-81(5)6)105-88(93)73-66-59-52-43-38-33-28-21-19-18-20-24-29-34-39-46-53-60-67-80(3)4/h80-85,90H,8-79H2,1-7H3,(H,95,96)(H,97,98)/t82?,83-,84-,85-/m1/s1. The number of esters is 4. The van der Waals surface area contributed by atoms with Crippen LogP contribution in [0.1, 0.15) is 472 Å². The van der Waals surface area contributed by atoms with Crippen molar-refractivity contribution in [3.05, 3.63) is 0 Å². The molecule has 108 heavy (non-hydrogen) atoms. The maximum Gasteiger partial charge on any atom is 0.472 e. The minimum absolute atomic E-state index is 0.108. The van der Waals surface area contributed by atoms with Crippen LogP contribution in [0.15, 0.2) is 0 Å². The van der Waals surface area contributed by atoms with Crippen LogP contribution in [0.25, 0.3) is 0 Å². The molecule has 0 radical (unpaired) electrons. The zero-order valence-corrected chi connectivity index (χ0v) is 73.1. The van der Waals surface area contributed by atoms with Crippen molar-refractivity contribution in [2.45, 2.75) is 491 Å². The Morgan fingerprint density at radius 2 is 0.472 bits per heavy atom. The predicted octanol–water partition coefficient (Wildman–Crippen LogP) is 27.3. The van der Waals surface area contributed by atoms with Crippen molar-refractivity contribution in [3.63, 3.8) is 0 Å². The van der Waals surface area contributed by atoms with Crippen LogP contribution in [0.2, 0.25) is 0 Å². The minimum atomic E-state index is -4.97. The van der Waals surface area contributed by atoms with Crippen molar-refractivity contribution in [3.8, 4) is 0 Å². The quantitative estimate of drug-likeness (QED) is 0.0222. The fourth-order valence-electron chi connectivity index (χ4n) is 13.9. The molecule has 17 nitrogen and oxygen atoms in total. The van der Waals surface area contributed by atoms with E-state index in [1.807, 2.05) is 0 Å². The van der Waals surface area contributed by atoms with Gasteiger partial charge in [0.1, 0.15) is 19.3 Å². The molecular formula is C89H174O17P2. The number of aliphatic hydroxyl groups excluding tert-OH is 1. The molecule has 0 saturated carbocycles. The fourth-order valence-corrected chi connectivity index (χ4v) is 15.4. The molecular weight excluding hydrogens is 1400 g/mol. The SMILES string of the molecule is CCCCCCCCCCCCCCCCCCC(=O)O[C@H](COC(=O)CCCCCCCCCCC(C)CC)COP(=O)(O)OC[C@H](O)COP(=O)(O)OC[C@@H](COC(=O)CCCCCCCCCCCCCCCCCCC(C)C)OC(=O)CCCCCCCCCCCCCCCCCCCCC(C)C. The van der Waals surface area contributed by atoms with Gasteiger partial charge in [-0.2, -0.15) is 0 Å². The van der Waals surface area contributed by atoms with E-state index in [9.17, 15) is 43.2 Å². The van der Waals surface area contributed by atoms with Gasteiger partial charge in [-0.3, -0.25) is 37.3 Å². The lowest BCUT2D eigenvalue weighted by Gasteiger charge is -2.21. The molecule has 19 heteroatoms. The number of hydrogen-bond donors (Lipinski definition) is 3. The molecule has 0 fully saturated rings. The number of aliphatic hydroxyl groups is 1. The van der Waals surface area contributed by atoms with E-state index in [0.717, 1.165) is 108 Å². The first-order valence-electron chi connectivity index (χ1n) is 45.9. The lowest BCUT2D eigenvalue weighted by atomic mass is 9.99. The lowest BCUT2D eigenvalue weighted by Crippen LogP contribution is -2.30. The van der Waals surface area contributed by atoms with Crippen molar-refractivity contribution >= 4 is 39.5 Å². The van der Waals surface area contributed by atoms with Gasteiger partial charge in [0.05, 0.1) is 26.4 Å². The molecule has 0 aromatic rings. The molecule has 0 aromatic carbocycles. The summed E-state index contributed by atoms with van der Waals surface area (Å²) in [5.41, 5.74) is 0. The summed E-state index contributed by atoms with van der Waals surface area (Å²) in [7, 11) is -9.93. The highest BCUT2D eigenvalue weighted by Crippen LogP contribution is 2.45. The summed E-state index contributed by atoms with van der Waals surface area (Å²) in [5.74, 6) is 0.311. The minimum Gasteiger partial charge on any atom is -0.462 e. The van der Waals surface area contributed by atoms with Gasteiger partial charge in [0.2, 0.25) is 0 Å². The third-order valence-electron chi connectivity index (χ3n) is 21.2. The van der Waals surface area contributed by atoms with Crippen molar-refractivity contribution in [2.75, 3.05) is 39.6 Å². The van der Waals surface area contributed by atoms with E-state index < -0.39 is 97.5 Å². The van der Waals surface area contributed by atoms with Crippen LogP contribution < -0.4 is 0 Å². The first-order chi connectivity index (χ1) is 52.3. The third kappa shape index (κ3) is 80.7. The Balaban J connectivity index is 5.25. The summed E-state index contributed by atoms with van der Waals surface area (Å²) in [4.78, 5) is 73.4. The summed E-state index contributed by atoms with van der Waals surface area (Å²) in [6.45, 7) is 12.1. The predicted molar refractivity (Wildman–Crippen MR) is 446 cm³/mol. The molecule has 0 saturated heterocycles. The van der Waals surface area contributed by atoms with Gasteiger partial charge in [-0.25, -0.2) is 9.13 Å². The van der Waals surface area contributed by atoms with Crippen LogP contribution in [0.3, 0.4) is 0 Å². The Labute approximate surface area is 664 Å². The van der Waals surface area contributed by atoms with Gasteiger partial charge in [-0.1, -0.05) is 421 Å². The van der Waals surface area contributed by atoms with Crippen LogP contribution in [-0.4, -0.2) is 96.7 Å². The normalized spacial score (nSPS) is 14.1. The third-order valence-corrected chi connectivity index (χ3v) is 23.1. The maximum atomic E-state index is 13.2. The number of phosphoric acid groups is 2. The van der Waals surface area contributed by atoms with Crippen molar-refractivity contribution < 1.29 is 80.2 Å². The molecule has 0 rings (SSSR count). The average molecular weight is 1580 g/mol. The molecule has 0 heterocycles. The molecule has 0 aliphatic rings. The smallest absolute Gasteiger partial charge is 0.462 e. The number of hydrogen-bond acceptors (Lipinski definition) is 15. The second-order valence-corrected chi connectivity index (χ2v) is 36.1. The highest BCUT2D eigenvalue weighted by molar-refractivity contribution is 7.47. The van der Waals surface area contributed by atoms with Gasteiger partial charge in [0.25, 0.3) is 0 Å². The van der Waals surface area contributed by atoms with Gasteiger partial charge >= 0.3 is 39.5 Å². The fraction of sp³-hybridized carbons (Fsp3) is 0.955. The molecule has 0 spiro atoms. The lowest BCUT2D eigenvalue weighted by molar-refractivity contribution is -0.161. The van der Waals surface area contributed by atoms with Crippen LogP contribution in [0, 0.1) is 17.8 Å². The van der Waals surface area contributed by atoms with Gasteiger partial charge in [0, 0.05) is 25.7 Å². The first-order valence-corrected chi connectivity index (χ1v) is 48.9. The van der Waals surface area contributed by atoms with E-state index in [1.165, 1.54) is 283 Å². The summed E-state index contributed by atoms with van der Waals surface area (Å²) < 4.78 is 69.0. The zero-order valence-electron chi connectivity index (χ0n) is 71.3. The Bertz CT molecular complexity index is 2080. The van der Waals surface area contributed by atoms with E-state index in [0.29, 0.717) is 25.7 Å². The first kappa shape index (κ1) is 106. The Hall–Kier alpha value is -1.94. The molecule has 6 atom stereocenters. The largest absolute Gasteiger partial charge is 0.472 e. The molecule has 3 N–H and O–H groups in total. The topological polar surface area (TPSA) is 237 Å². The molecule has 0 aliphatic carbocycles.